The Kier molecular flexibility index (Phi) is 7.61. The Balaban J connectivity index is 1.63. The van der Waals surface area contributed by atoms with Crippen molar-refractivity contribution >= 4 is 57.3 Å². The molecule has 0 radical (unpaired) electrons. The smallest absolute Gasteiger partial charge is 0.356 e. The lowest BCUT2D eigenvalue weighted by Gasteiger charge is -2.08. The Morgan fingerprint density at radius 2 is 1.03 bits per heavy atom. The molecular formula is C22H22N2O5S2. The second-order valence-corrected chi connectivity index (χ2v) is 9.16. The van der Waals surface area contributed by atoms with E-state index >= 15 is 0 Å². The van der Waals surface area contributed by atoms with Crippen molar-refractivity contribution in [2.45, 2.75) is 0 Å². The van der Waals surface area contributed by atoms with Crippen LogP contribution in [0.4, 0.5) is 0 Å². The minimum atomic E-state index is -0.478. The third-order valence-electron chi connectivity index (χ3n) is 4.60. The fraction of sp³-hybridized carbons (Fsp3) is 0.364. The first-order valence-electron chi connectivity index (χ1n) is 10.0. The minimum Gasteiger partial charge on any atom is -0.460 e. The molecule has 0 unspecified atom stereocenters. The molecule has 0 atom stereocenters. The quantitative estimate of drug-likeness (QED) is 0.370. The van der Waals surface area contributed by atoms with E-state index in [1.165, 1.54) is 0 Å². The number of nitrogens with zero attached hydrogens (tertiary/aromatic N) is 2. The van der Waals surface area contributed by atoms with Crippen LogP contribution in [0.15, 0.2) is 36.4 Å². The SMILES string of the molecule is O=C1OCCSCCOCCSCCOC(=O)c2ccc3ccc4ccc1nc4c3n2. The number of rotatable bonds is 0. The van der Waals surface area contributed by atoms with Crippen LogP contribution >= 0.6 is 23.5 Å². The van der Waals surface area contributed by atoms with E-state index in [0.29, 0.717) is 49.0 Å². The number of cyclic esters (lactones) is 2. The number of hydrogen-bond donors (Lipinski definition) is 0. The summed E-state index contributed by atoms with van der Waals surface area (Å²) in [5.41, 5.74) is 1.53. The first-order valence-corrected chi connectivity index (χ1v) is 12.3. The number of fused-ring (bicyclic) bond motifs is 2. The van der Waals surface area contributed by atoms with Gasteiger partial charge in [0.2, 0.25) is 0 Å². The maximum atomic E-state index is 12.5. The number of esters is 2. The molecule has 9 heteroatoms. The summed E-state index contributed by atoms with van der Waals surface area (Å²) in [6.45, 7) is 1.92. The molecule has 1 aliphatic rings. The van der Waals surface area contributed by atoms with Crippen LogP contribution in [0.3, 0.4) is 0 Å². The molecule has 0 saturated heterocycles. The van der Waals surface area contributed by atoms with Crippen LogP contribution in [0.5, 0.6) is 0 Å². The van der Waals surface area contributed by atoms with E-state index in [0.717, 1.165) is 22.3 Å². The van der Waals surface area contributed by atoms with Crippen molar-refractivity contribution in [1.82, 2.24) is 9.97 Å². The van der Waals surface area contributed by atoms with Crippen LogP contribution in [0.2, 0.25) is 0 Å². The molecule has 3 aromatic rings. The van der Waals surface area contributed by atoms with Gasteiger partial charge < -0.3 is 14.2 Å². The van der Waals surface area contributed by atoms with Crippen molar-refractivity contribution in [3.63, 3.8) is 0 Å². The highest BCUT2D eigenvalue weighted by molar-refractivity contribution is 7.99. The van der Waals surface area contributed by atoms with E-state index in [9.17, 15) is 9.59 Å². The van der Waals surface area contributed by atoms with Crippen molar-refractivity contribution < 1.29 is 23.8 Å². The van der Waals surface area contributed by atoms with Crippen molar-refractivity contribution in [1.29, 1.82) is 0 Å². The molecule has 1 aliphatic heterocycles. The number of carbonyl (C=O) groups is 2. The number of carbonyl (C=O) groups excluding carboxylic acids is 2. The van der Waals surface area contributed by atoms with E-state index in [-0.39, 0.29) is 11.4 Å². The summed E-state index contributed by atoms with van der Waals surface area (Å²) >= 11 is 3.35. The number of thioether (sulfide) groups is 2. The maximum Gasteiger partial charge on any atom is 0.356 e. The highest BCUT2D eigenvalue weighted by Gasteiger charge is 2.15. The van der Waals surface area contributed by atoms with Crippen LogP contribution in [-0.2, 0) is 14.2 Å². The van der Waals surface area contributed by atoms with Gasteiger partial charge in [-0.3, -0.25) is 0 Å². The molecular weight excluding hydrogens is 436 g/mol. The zero-order chi connectivity index (χ0) is 21.5. The van der Waals surface area contributed by atoms with Gasteiger partial charge in [0.05, 0.1) is 24.2 Å². The van der Waals surface area contributed by atoms with Crippen LogP contribution < -0.4 is 0 Å². The van der Waals surface area contributed by atoms with Crippen LogP contribution in [0, 0.1) is 0 Å². The van der Waals surface area contributed by atoms with Crippen LogP contribution in [-0.4, -0.2) is 71.3 Å². The molecule has 0 N–H and O–H groups in total. The third-order valence-corrected chi connectivity index (χ3v) is 6.42. The van der Waals surface area contributed by atoms with E-state index in [1.54, 1.807) is 35.7 Å². The van der Waals surface area contributed by atoms with Gasteiger partial charge in [-0.1, -0.05) is 24.3 Å². The van der Waals surface area contributed by atoms with Crippen molar-refractivity contribution in [3.05, 3.63) is 47.8 Å². The molecule has 0 saturated carbocycles. The second kappa shape index (κ2) is 10.8. The number of aromatic nitrogens is 2. The summed E-state index contributed by atoms with van der Waals surface area (Å²) in [5.74, 6) is 2.12. The highest BCUT2D eigenvalue weighted by Crippen LogP contribution is 2.23. The Hall–Kier alpha value is -2.36. The average Bonchev–Trinajstić information content (AvgIpc) is 2.80. The molecule has 7 nitrogen and oxygen atoms in total. The van der Waals surface area contributed by atoms with E-state index in [4.69, 9.17) is 14.2 Å². The molecule has 3 heterocycles. The standard InChI is InChI=1S/C22H22N2O5S2/c25-21-17-5-3-15-1-2-16-4-6-18(24-20(16)19(15)23-17)22(26)29-10-14-31-12-8-27-7-11-30-13-9-28-21/h1-6H,7-14H2. The number of hydrogen-bond acceptors (Lipinski definition) is 9. The predicted octanol–water partition coefficient (Wildman–Crippen LogP) is 3.59. The molecule has 0 fully saturated rings. The topological polar surface area (TPSA) is 87.6 Å². The van der Waals surface area contributed by atoms with Gasteiger partial charge in [-0.25, -0.2) is 19.6 Å². The van der Waals surface area contributed by atoms with Crippen molar-refractivity contribution in [3.8, 4) is 0 Å². The molecule has 162 valence electrons. The molecule has 4 rings (SSSR count). The first-order chi connectivity index (χ1) is 15.2. The summed E-state index contributed by atoms with van der Waals surface area (Å²) in [6, 6.07) is 10.7. The molecule has 0 spiro atoms. The molecule has 31 heavy (non-hydrogen) atoms. The normalized spacial score (nSPS) is 17.5. The number of ether oxygens (including phenoxy) is 3. The van der Waals surface area contributed by atoms with Crippen LogP contribution in [0.25, 0.3) is 21.8 Å². The number of pyridine rings is 2. The first kappa shape index (κ1) is 21.9. The summed E-state index contributed by atoms with van der Waals surface area (Å²) in [6.07, 6.45) is 0. The fourth-order valence-corrected chi connectivity index (χ4v) is 4.35. The minimum absolute atomic E-state index is 0.214. The van der Waals surface area contributed by atoms with Gasteiger partial charge in [-0.15, -0.1) is 0 Å². The van der Waals surface area contributed by atoms with E-state index < -0.39 is 11.9 Å². The molecule has 4 bridgehead atoms. The maximum absolute atomic E-state index is 12.5. The van der Waals surface area contributed by atoms with Gasteiger partial charge in [0.1, 0.15) is 24.6 Å². The van der Waals surface area contributed by atoms with Gasteiger partial charge in [0.15, 0.2) is 0 Å². The Morgan fingerprint density at radius 3 is 1.52 bits per heavy atom. The Morgan fingerprint density at radius 1 is 0.613 bits per heavy atom. The lowest BCUT2D eigenvalue weighted by Crippen LogP contribution is -2.11. The zero-order valence-corrected chi connectivity index (χ0v) is 18.5. The summed E-state index contributed by atoms with van der Waals surface area (Å²) in [5, 5.41) is 1.65. The second-order valence-electron chi connectivity index (χ2n) is 6.71. The van der Waals surface area contributed by atoms with Gasteiger partial charge in [0, 0.05) is 33.8 Å². The monoisotopic (exact) mass is 458 g/mol. The Labute approximate surface area is 188 Å². The van der Waals surface area contributed by atoms with E-state index in [2.05, 4.69) is 9.97 Å². The largest absolute Gasteiger partial charge is 0.460 e. The van der Waals surface area contributed by atoms with Crippen LogP contribution in [0.1, 0.15) is 21.0 Å². The average molecular weight is 459 g/mol. The number of benzene rings is 1. The Bertz CT molecular complexity index is 1010. The van der Waals surface area contributed by atoms with E-state index in [1.807, 2.05) is 24.3 Å². The summed E-state index contributed by atoms with van der Waals surface area (Å²) < 4.78 is 16.3. The van der Waals surface area contributed by atoms with Crippen molar-refractivity contribution in [2.24, 2.45) is 0 Å². The van der Waals surface area contributed by atoms with Gasteiger partial charge >= 0.3 is 11.9 Å². The summed E-state index contributed by atoms with van der Waals surface area (Å²) in [4.78, 5) is 33.9. The van der Waals surface area contributed by atoms with Gasteiger partial charge in [0.25, 0.3) is 0 Å². The van der Waals surface area contributed by atoms with Crippen molar-refractivity contribution in [2.75, 3.05) is 49.4 Å². The molecule has 2 aromatic heterocycles. The summed E-state index contributed by atoms with van der Waals surface area (Å²) in [7, 11) is 0. The van der Waals surface area contributed by atoms with Gasteiger partial charge in [-0.2, -0.15) is 23.5 Å². The molecule has 0 aliphatic carbocycles. The zero-order valence-electron chi connectivity index (χ0n) is 16.9. The fourth-order valence-electron chi connectivity index (χ4n) is 3.07. The lowest BCUT2D eigenvalue weighted by molar-refractivity contribution is 0.0514. The highest BCUT2D eigenvalue weighted by atomic mass is 32.2. The molecule has 1 aromatic carbocycles. The predicted molar refractivity (Wildman–Crippen MR) is 123 cm³/mol. The lowest BCUT2D eigenvalue weighted by atomic mass is 10.1. The van der Waals surface area contributed by atoms with Gasteiger partial charge in [-0.05, 0) is 12.1 Å². The molecule has 0 amide bonds. The third kappa shape index (κ3) is 5.66.